The zero-order valence-corrected chi connectivity index (χ0v) is 10.3. The molecule has 2 aromatic rings. The number of H-pyrrole nitrogens is 1. The van der Waals surface area contributed by atoms with E-state index in [2.05, 4.69) is 4.98 Å². The molecule has 2 N–H and O–H groups in total. The van der Waals surface area contributed by atoms with Gasteiger partial charge in [0.1, 0.15) is 0 Å². The van der Waals surface area contributed by atoms with E-state index in [9.17, 15) is 9.90 Å². The lowest BCUT2D eigenvalue weighted by molar-refractivity contribution is 0.220. The zero-order chi connectivity index (χ0) is 12.4. The molecule has 90 valence electrons. The summed E-state index contributed by atoms with van der Waals surface area (Å²) in [5, 5.41) is 9.87. The van der Waals surface area contributed by atoms with E-state index in [4.69, 9.17) is 12.2 Å². The first-order valence-corrected chi connectivity index (χ1v) is 5.94. The average molecular weight is 250 g/mol. The molecule has 0 fully saturated rings. The molecular weight excluding hydrogens is 236 g/mol. The Bertz CT molecular complexity index is 641. The van der Waals surface area contributed by atoms with Crippen molar-refractivity contribution in [2.75, 3.05) is 6.61 Å². The highest BCUT2D eigenvalue weighted by molar-refractivity contribution is 7.71. The maximum absolute atomic E-state index is 12.3. The van der Waals surface area contributed by atoms with Gasteiger partial charge in [-0.05, 0) is 30.8 Å². The summed E-state index contributed by atoms with van der Waals surface area (Å²) in [4.78, 5) is 15.3. The number of nitrogens with zero attached hydrogens (tertiary/aromatic N) is 1. The number of benzene rings is 1. The van der Waals surface area contributed by atoms with Crippen LogP contribution in [0.1, 0.15) is 19.4 Å². The number of fused-ring (bicyclic) bond motifs is 1. The molecule has 0 aliphatic rings. The number of para-hydroxylation sites is 1. The van der Waals surface area contributed by atoms with Crippen LogP contribution in [-0.4, -0.2) is 21.3 Å². The number of nitrogens with one attached hydrogen (secondary N) is 1. The minimum absolute atomic E-state index is 0.0910. The van der Waals surface area contributed by atoms with Crippen molar-refractivity contribution in [2.24, 2.45) is 0 Å². The van der Waals surface area contributed by atoms with Crippen molar-refractivity contribution in [1.82, 2.24) is 9.55 Å². The molecule has 2 rings (SSSR count). The second-order valence-electron chi connectivity index (χ2n) is 3.90. The van der Waals surface area contributed by atoms with Crippen LogP contribution in [0.2, 0.25) is 0 Å². The summed E-state index contributed by atoms with van der Waals surface area (Å²) in [6.07, 6.45) is 0.659. The third-order valence-corrected chi connectivity index (χ3v) is 3.18. The van der Waals surface area contributed by atoms with E-state index >= 15 is 0 Å². The number of rotatable bonds is 3. The normalized spacial score (nSPS) is 12.8. The minimum atomic E-state index is -0.268. The summed E-state index contributed by atoms with van der Waals surface area (Å²) < 4.78 is 1.81. The maximum Gasteiger partial charge on any atom is 0.262 e. The molecule has 0 spiro atoms. The lowest BCUT2D eigenvalue weighted by atomic mass is 10.2. The first-order valence-electron chi connectivity index (χ1n) is 5.53. The molecule has 17 heavy (non-hydrogen) atoms. The van der Waals surface area contributed by atoms with E-state index in [0.717, 1.165) is 5.52 Å². The second-order valence-corrected chi connectivity index (χ2v) is 4.28. The van der Waals surface area contributed by atoms with Crippen LogP contribution >= 0.6 is 12.2 Å². The van der Waals surface area contributed by atoms with Gasteiger partial charge in [0.05, 0.1) is 23.6 Å². The molecule has 0 amide bonds. The van der Waals surface area contributed by atoms with Gasteiger partial charge in [0.15, 0.2) is 4.77 Å². The first kappa shape index (κ1) is 12.0. The lowest BCUT2D eigenvalue weighted by Crippen LogP contribution is -2.28. The molecule has 1 aromatic heterocycles. The van der Waals surface area contributed by atoms with Gasteiger partial charge in [0, 0.05) is 0 Å². The SMILES string of the molecule is CC[C@@H](CO)n1c(=S)[nH]c2ccccc2c1=O. The highest BCUT2D eigenvalue weighted by atomic mass is 32.1. The van der Waals surface area contributed by atoms with Gasteiger partial charge < -0.3 is 10.1 Å². The minimum Gasteiger partial charge on any atom is -0.394 e. The van der Waals surface area contributed by atoms with E-state index in [0.29, 0.717) is 16.6 Å². The van der Waals surface area contributed by atoms with Crippen LogP contribution in [0.25, 0.3) is 10.9 Å². The van der Waals surface area contributed by atoms with Gasteiger partial charge in [0.25, 0.3) is 5.56 Å². The first-order chi connectivity index (χ1) is 8.19. The molecule has 0 aliphatic carbocycles. The summed E-state index contributed by atoms with van der Waals surface area (Å²) >= 11 is 5.17. The van der Waals surface area contributed by atoms with Crippen LogP contribution in [0, 0.1) is 4.77 Å². The summed E-state index contributed by atoms with van der Waals surface area (Å²) in [5.74, 6) is 0. The largest absolute Gasteiger partial charge is 0.394 e. The number of hydrogen-bond donors (Lipinski definition) is 2. The number of hydrogen-bond acceptors (Lipinski definition) is 3. The van der Waals surface area contributed by atoms with Gasteiger partial charge in [0.2, 0.25) is 0 Å². The molecule has 4 nitrogen and oxygen atoms in total. The Morgan fingerprint density at radius 1 is 1.47 bits per heavy atom. The molecule has 0 radical (unpaired) electrons. The van der Waals surface area contributed by atoms with E-state index in [-0.39, 0.29) is 18.2 Å². The standard InChI is InChI=1S/C12H14N2O2S/c1-2-8(7-15)14-11(16)9-5-3-4-6-10(9)13-12(14)17/h3-6,8,15H,2,7H2,1H3,(H,13,17)/t8-/m0/s1. The summed E-state index contributed by atoms with van der Waals surface area (Å²) in [6.45, 7) is 1.82. The molecule has 0 unspecified atom stereocenters. The van der Waals surface area contributed by atoms with E-state index < -0.39 is 0 Å². The fraction of sp³-hybridized carbons (Fsp3) is 0.333. The quantitative estimate of drug-likeness (QED) is 0.819. The van der Waals surface area contributed by atoms with E-state index in [1.807, 2.05) is 25.1 Å². The Morgan fingerprint density at radius 3 is 2.82 bits per heavy atom. The molecule has 0 aliphatic heterocycles. The highest BCUT2D eigenvalue weighted by Crippen LogP contribution is 2.12. The Labute approximate surface area is 104 Å². The number of aromatic amines is 1. The fourth-order valence-corrected chi connectivity index (χ4v) is 2.24. The molecular formula is C12H14N2O2S. The number of aromatic nitrogens is 2. The molecule has 1 aromatic carbocycles. The Hall–Kier alpha value is -1.46. The van der Waals surface area contributed by atoms with Crippen molar-refractivity contribution in [2.45, 2.75) is 19.4 Å². The monoisotopic (exact) mass is 250 g/mol. The second kappa shape index (κ2) is 4.81. The molecule has 0 bridgehead atoms. The Balaban J connectivity index is 2.81. The van der Waals surface area contributed by atoms with Gasteiger partial charge in [-0.2, -0.15) is 0 Å². The predicted octanol–water partition coefficient (Wildman–Crippen LogP) is 2.00. The lowest BCUT2D eigenvalue weighted by Gasteiger charge is -2.16. The van der Waals surface area contributed by atoms with E-state index in [1.54, 1.807) is 6.07 Å². The van der Waals surface area contributed by atoms with Crippen molar-refractivity contribution in [3.63, 3.8) is 0 Å². The fourth-order valence-electron chi connectivity index (χ4n) is 1.90. The van der Waals surface area contributed by atoms with Gasteiger partial charge in [-0.1, -0.05) is 19.1 Å². The molecule has 5 heteroatoms. The van der Waals surface area contributed by atoms with Crippen LogP contribution in [0.15, 0.2) is 29.1 Å². The van der Waals surface area contributed by atoms with Gasteiger partial charge >= 0.3 is 0 Å². The zero-order valence-electron chi connectivity index (χ0n) is 9.51. The highest BCUT2D eigenvalue weighted by Gasteiger charge is 2.12. The van der Waals surface area contributed by atoms with Gasteiger partial charge in [-0.3, -0.25) is 9.36 Å². The van der Waals surface area contributed by atoms with Crippen LogP contribution in [0.4, 0.5) is 0 Å². The third-order valence-electron chi connectivity index (χ3n) is 2.88. The maximum atomic E-state index is 12.3. The van der Waals surface area contributed by atoms with Crippen LogP contribution in [-0.2, 0) is 0 Å². The van der Waals surface area contributed by atoms with Gasteiger partial charge in [-0.15, -0.1) is 0 Å². The number of aliphatic hydroxyl groups excluding tert-OH is 1. The Kier molecular flexibility index (Phi) is 3.40. The van der Waals surface area contributed by atoms with Crippen molar-refractivity contribution in [3.05, 3.63) is 39.4 Å². The van der Waals surface area contributed by atoms with Gasteiger partial charge in [-0.25, -0.2) is 0 Å². The smallest absolute Gasteiger partial charge is 0.262 e. The topological polar surface area (TPSA) is 58.0 Å². The van der Waals surface area contributed by atoms with Crippen molar-refractivity contribution in [1.29, 1.82) is 0 Å². The molecule has 0 saturated heterocycles. The van der Waals surface area contributed by atoms with Crippen LogP contribution < -0.4 is 5.56 Å². The van der Waals surface area contributed by atoms with Crippen molar-refractivity contribution >= 4 is 23.1 Å². The Morgan fingerprint density at radius 2 is 2.18 bits per heavy atom. The number of aliphatic hydroxyl groups is 1. The van der Waals surface area contributed by atoms with Crippen molar-refractivity contribution < 1.29 is 5.11 Å². The third kappa shape index (κ3) is 2.03. The average Bonchev–Trinajstić information content (AvgIpc) is 2.34. The molecule has 0 saturated carbocycles. The predicted molar refractivity (Wildman–Crippen MR) is 69.8 cm³/mol. The molecule has 1 heterocycles. The van der Waals surface area contributed by atoms with Crippen LogP contribution in [0.5, 0.6) is 0 Å². The summed E-state index contributed by atoms with van der Waals surface area (Å²) in [5.41, 5.74) is 0.580. The summed E-state index contributed by atoms with van der Waals surface area (Å²) in [6, 6.07) is 6.96. The molecule has 1 atom stereocenters. The van der Waals surface area contributed by atoms with E-state index in [1.165, 1.54) is 4.57 Å². The van der Waals surface area contributed by atoms with Crippen LogP contribution in [0.3, 0.4) is 0 Å². The van der Waals surface area contributed by atoms with Crippen molar-refractivity contribution in [3.8, 4) is 0 Å². The summed E-state index contributed by atoms with van der Waals surface area (Å²) in [7, 11) is 0.